The van der Waals surface area contributed by atoms with Crippen LogP contribution in [0.2, 0.25) is 0 Å². The molecule has 2 saturated heterocycles. The van der Waals surface area contributed by atoms with E-state index in [2.05, 4.69) is 38.9 Å². The summed E-state index contributed by atoms with van der Waals surface area (Å²) >= 11 is 0. The highest BCUT2D eigenvalue weighted by Gasteiger charge is 2.25. The molecule has 28 heavy (non-hydrogen) atoms. The van der Waals surface area contributed by atoms with Crippen molar-refractivity contribution < 1.29 is 13.9 Å². The number of benzene rings is 1. The summed E-state index contributed by atoms with van der Waals surface area (Å²) in [5, 5.41) is 1.14. The number of nitrogens with zero attached hydrogens (tertiary/aromatic N) is 4. The molecule has 2 aromatic heterocycles. The lowest BCUT2D eigenvalue weighted by molar-refractivity contribution is 0.172. The highest BCUT2D eigenvalue weighted by Crippen LogP contribution is 2.33. The molecular formula is C21H23FN4O2. The van der Waals surface area contributed by atoms with Crippen molar-refractivity contribution >= 4 is 16.7 Å². The number of aromatic nitrogens is 3. The van der Waals surface area contributed by atoms with Crippen LogP contribution in [0.1, 0.15) is 25.3 Å². The van der Waals surface area contributed by atoms with Gasteiger partial charge in [0.2, 0.25) is 0 Å². The first-order valence-electron chi connectivity index (χ1n) is 9.84. The number of ether oxygens (including phenoxy) is 2. The fourth-order valence-electron chi connectivity index (χ4n) is 4.23. The van der Waals surface area contributed by atoms with Crippen LogP contribution in [0, 0.1) is 5.82 Å². The van der Waals surface area contributed by atoms with Crippen molar-refractivity contribution in [3.63, 3.8) is 0 Å². The Morgan fingerprint density at radius 2 is 2.04 bits per heavy atom. The van der Waals surface area contributed by atoms with Crippen LogP contribution >= 0.6 is 0 Å². The van der Waals surface area contributed by atoms with Crippen molar-refractivity contribution in [2.24, 2.45) is 0 Å². The van der Waals surface area contributed by atoms with Gasteiger partial charge in [-0.1, -0.05) is 6.07 Å². The Morgan fingerprint density at radius 3 is 2.82 bits per heavy atom. The summed E-state index contributed by atoms with van der Waals surface area (Å²) in [6.45, 7) is 3.03. The number of anilines is 1. The van der Waals surface area contributed by atoms with Crippen molar-refractivity contribution in [3.05, 3.63) is 48.8 Å². The van der Waals surface area contributed by atoms with E-state index in [4.69, 9.17) is 9.47 Å². The van der Waals surface area contributed by atoms with E-state index in [0.717, 1.165) is 56.7 Å². The molecule has 0 amide bonds. The first kappa shape index (κ1) is 17.4. The van der Waals surface area contributed by atoms with Gasteiger partial charge in [-0.25, -0.2) is 14.4 Å². The largest absolute Gasteiger partial charge is 0.490 e. The van der Waals surface area contributed by atoms with Gasteiger partial charge in [-0.2, -0.15) is 0 Å². The molecule has 0 spiro atoms. The summed E-state index contributed by atoms with van der Waals surface area (Å²) in [5.41, 5.74) is 1.19. The van der Waals surface area contributed by atoms with Gasteiger partial charge < -0.3 is 18.9 Å². The van der Waals surface area contributed by atoms with Gasteiger partial charge in [0.15, 0.2) is 11.6 Å². The third kappa shape index (κ3) is 3.20. The Kier molecular flexibility index (Phi) is 4.60. The molecule has 3 aromatic rings. The van der Waals surface area contributed by atoms with E-state index in [1.54, 1.807) is 0 Å². The van der Waals surface area contributed by atoms with Crippen molar-refractivity contribution in [3.8, 4) is 5.75 Å². The molecule has 2 fully saturated rings. The third-order valence-corrected chi connectivity index (χ3v) is 5.71. The quantitative estimate of drug-likeness (QED) is 0.690. The first-order valence-corrected chi connectivity index (χ1v) is 9.84. The molecule has 0 bridgehead atoms. The average Bonchev–Trinajstić information content (AvgIpc) is 3.39. The van der Waals surface area contributed by atoms with Crippen LogP contribution in [0.4, 0.5) is 10.2 Å². The molecule has 2 aliphatic heterocycles. The van der Waals surface area contributed by atoms with E-state index in [1.807, 2.05) is 11.0 Å². The predicted molar refractivity (Wildman–Crippen MR) is 104 cm³/mol. The standard InChI is InChI=1S/C21H23FN4O2/c22-18-12-23-14-24-21(18)25-8-4-16(5-9-25)28-20-3-1-2-19-17(20)6-10-26(19)15-7-11-27-13-15/h1-3,6,10,12,14-16H,4-5,7-9,11,13H2. The monoisotopic (exact) mass is 382 g/mol. The van der Waals surface area contributed by atoms with Gasteiger partial charge in [0.25, 0.3) is 0 Å². The maximum Gasteiger partial charge on any atom is 0.183 e. The number of hydrogen-bond donors (Lipinski definition) is 0. The van der Waals surface area contributed by atoms with E-state index in [9.17, 15) is 4.39 Å². The van der Waals surface area contributed by atoms with E-state index in [-0.39, 0.29) is 11.9 Å². The van der Waals surface area contributed by atoms with Gasteiger partial charge in [0, 0.05) is 44.1 Å². The Morgan fingerprint density at radius 1 is 1.14 bits per heavy atom. The first-order chi connectivity index (χ1) is 13.8. The Balaban J connectivity index is 1.29. The van der Waals surface area contributed by atoms with Crippen molar-refractivity contribution in [2.45, 2.75) is 31.4 Å². The number of fused-ring (bicyclic) bond motifs is 1. The zero-order chi connectivity index (χ0) is 18.9. The van der Waals surface area contributed by atoms with E-state index >= 15 is 0 Å². The summed E-state index contributed by atoms with van der Waals surface area (Å²) in [5.74, 6) is 0.928. The molecule has 2 aliphatic rings. The minimum Gasteiger partial charge on any atom is -0.490 e. The Hall–Kier alpha value is -2.67. The molecular weight excluding hydrogens is 359 g/mol. The van der Waals surface area contributed by atoms with E-state index < -0.39 is 0 Å². The lowest BCUT2D eigenvalue weighted by atomic mass is 10.1. The Labute approximate surface area is 162 Å². The van der Waals surface area contributed by atoms with E-state index in [1.165, 1.54) is 18.0 Å². The fraction of sp³-hybridized carbons (Fsp3) is 0.429. The van der Waals surface area contributed by atoms with Gasteiger partial charge in [-0.3, -0.25) is 0 Å². The number of halogens is 1. The van der Waals surface area contributed by atoms with Gasteiger partial charge in [0.05, 0.1) is 24.4 Å². The van der Waals surface area contributed by atoms with Crippen LogP contribution in [0.15, 0.2) is 43.0 Å². The zero-order valence-corrected chi connectivity index (χ0v) is 15.6. The number of piperidine rings is 1. The molecule has 0 radical (unpaired) electrons. The highest BCUT2D eigenvalue weighted by molar-refractivity contribution is 5.86. The fourth-order valence-corrected chi connectivity index (χ4v) is 4.23. The molecule has 1 aromatic carbocycles. The van der Waals surface area contributed by atoms with Gasteiger partial charge in [-0.15, -0.1) is 0 Å². The maximum absolute atomic E-state index is 13.9. The molecule has 0 saturated carbocycles. The molecule has 146 valence electrons. The van der Waals surface area contributed by atoms with Crippen molar-refractivity contribution in [2.75, 3.05) is 31.2 Å². The second-order valence-corrected chi connectivity index (χ2v) is 7.43. The second-order valence-electron chi connectivity index (χ2n) is 7.43. The summed E-state index contributed by atoms with van der Waals surface area (Å²) in [7, 11) is 0. The van der Waals surface area contributed by atoms with Crippen LogP contribution < -0.4 is 9.64 Å². The summed E-state index contributed by atoms with van der Waals surface area (Å²) in [6.07, 6.45) is 7.57. The molecule has 7 heteroatoms. The zero-order valence-electron chi connectivity index (χ0n) is 15.6. The highest BCUT2D eigenvalue weighted by atomic mass is 19.1. The lowest BCUT2D eigenvalue weighted by Crippen LogP contribution is -2.39. The summed E-state index contributed by atoms with van der Waals surface area (Å²) < 4.78 is 28.1. The SMILES string of the molecule is Fc1cncnc1N1CCC(Oc2cccc3c2ccn3C2CCOC2)CC1. The van der Waals surface area contributed by atoms with Crippen LogP contribution in [0.25, 0.3) is 10.9 Å². The maximum atomic E-state index is 13.9. The topological polar surface area (TPSA) is 52.4 Å². The number of rotatable bonds is 4. The third-order valence-electron chi connectivity index (χ3n) is 5.71. The predicted octanol–water partition coefficient (Wildman–Crippen LogP) is 3.58. The Bertz CT molecular complexity index is 962. The van der Waals surface area contributed by atoms with Crippen molar-refractivity contribution in [1.29, 1.82) is 0 Å². The number of hydrogen-bond acceptors (Lipinski definition) is 5. The summed E-state index contributed by atoms with van der Waals surface area (Å²) in [6, 6.07) is 8.76. The van der Waals surface area contributed by atoms with Crippen LogP contribution in [-0.2, 0) is 4.74 Å². The molecule has 0 N–H and O–H groups in total. The van der Waals surface area contributed by atoms with Crippen molar-refractivity contribution in [1.82, 2.24) is 14.5 Å². The molecule has 1 atom stereocenters. The molecule has 0 aliphatic carbocycles. The van der Waals surface area contributed by atoms with E-state index in [0.29, 0.717) is 11.9 Å². The lowest BCUT2D eigenvalue weighted by Gasteiger charge is -2.33. The average molecular weight is 382 g/mol. The van der Waals surface area contributed by atoms with Crippen LogP contribution in [0.3, 0.4) is 0 Å². The molecule has 4 heterocycles. The van der Waals surface area contributed by atoms with Crippen LogP contribution in [-0.4, -0.2) is 46.9 Å². The van der Waals surface area contributed by atoms with Gasteiger partial charge >= 0.3 is 0 Å². The van der Waals surface area contributed by atoms with Gasteiger partial charge in [-0.05, 0) is 24.6 Å². The second kappa shape index (κ2) is 7.39. The van der Waals surface area contributed by atoms with Gasteiger partial charge in [0.1, 0.15) is 18.2 Å². The molecule has 1 unspecified atom stereocenters. The summed E-state index contributed by atoms with van der Waals surface area (Å²) in [4.78, 5) is 9.77. The minimum atomic E-state index is -0.371. The molecule has 6 nitrogen and oxygen atoms in total. The molecule has 5 rings (SSSR count). The normalized spacial score (nSPS) is 20.8. The smallest absolute Gasteiger partial charge is 0.183 e. The minimum absolute atomic E-state index is 0.116. The van der Waals surface area contributed by atoms with Crippen LogP contribution in [0.5, 0.6) is 5.75 Å².